The molecule has 1 aliphatic rings. The molecule has 3 rings (SSSR count). The van der Waals surface area contributed by atoms with Gasteiger partial charge in [-0.2, -0.15) is 0 Å². The van der Waals surface area contributed by atoms with E-state index in [-0.39, 0.29) is 5.91 Å². The molecule has 1 fully saturated rings. The maximum atomic E-state index is 12.1. The third kappa shape index (κ3) is 4.02. The van der Waals surface area contributed by atoms with E-state index in [0.29, 0.717) is 5.76 Å². The van der Waals surface area contributed by atoms with Crippen LogP contribution in [0.5, 0.6) is 0 Å². The molecule has 1 amide bonds. The average molecular weight is 312 g/mol. The van der Waals surface area contributed by atoms with Gasteiger partial charge in [0.1, 0.15) is 5.76 Å². The number of para-hydroxylation sites is 2. The van der Waals surface area contributed by atoms with Crippen molar-refractivity contribution in [1.29, 1.82) is 0 Å². The van der Waals surface area contributed by atoms with Gasteiger partial charge in [-0.05, 0) is 30.3 Å². The van der Waals surface area contributed by atoms with E-state index in [0.717, 1.165) is 37.6 Å². The molecule has 0 saturated carbocycles. The van der Waals surface area contributed by atoms with Gasteiger partial charge in [-0.1, -0.05) is 12.1 Å². The molecule has 1 aliphatic heterocycles. The molecule has 0 atom stereocenters. The van der Waals surface area contributed by atoms with E-state index in [9.17, 15) is 4.79 Å². The first-order chi connectivity index (χ1) is 11.2. The summed E-state index contributed by atoms with van der Waals surface area (Å²) >= 11 is 0. The van der Waals surface area contributed by atoms with Gasteiger partial charge in [0.15, 0.2) is 0 Å². The van der Waals surface area contributed by atoms with Crippen LogP contribution in [0.1, 0.15) is 5.76 Å². The van der Waals surface area contributed by atoms with E-state index >= 15 is 0 Å². The summed E-state index contributed by atoms with van der Waals surface area (Å²) in [4.78, 5) is 16.0. The highest BCUT2D eigenvalue weighted by atomic mass is 16.3. The Morgan fingerprint density at radius 1 is 1.22 bits per heavy atom. The van der Waals surface area contributed by atoms with Crippen molar-refractivity contribution in [2.24, 2.45) is 0 Å². The van der Waals surface area contributed by atoms with Crippen LogP contribution in [-0.2, 0) is 4.79 Å². The highest BCUT2D eigenvalue weighted by molar-refractivity contribution is 6.03. The molecule has 23 heavy (non-hydrogen) atoms. The van der Waals surface area contributed by atoms with Gasteiger partial charge in [0.25, 0.3) is 0 Å². The fourth-order valence-corrected chi connectivity index (χ4v) is 2.70. The van der Waals surface area contributed by atoms with Gasteiger partial charge >= 0.3 is 0 Å². The van der Waals surface area contributed by atoms with Crippen LogP contribution >= 0.6 is 0 Å². The van der Waals surface area contributed by atoms with Crippen molar-refractivity contribution in [2.45, 2.75) is 0 Å². The number of nitrogens with zero attached hydrogens (tertiary/aromatic N) is 1. The molecule has 5 nitrogen and oxygen atoms in total. The SMILES string of the molecule is C[NH+]1CCN(c2ccccc2NC(=O)/C=C/c2ccco2)CC1. The second kappa shape index (κ2) is 7.15. The van der Waals surface area contributed by atoms with Crippen LogP contribution < -0.4 is 15.1 Å². The summed E-state index contributed by atoms with van der Waals surface area (Å²) in [7, 11) is 2.21. The van der Waals surface area contributed by atoms with Crippen LogP contribution in [0.25, 0.3) is 6.08 Å². The highest BCUT2D eigenvalue weighted by Gasteiger charge is 2.19. The van der Waals surface area contributed by atoms with Gasteiger partial charge in [0.2, 0.25) is 5.91 Å². The second-order valence-electron chi connectivity index (χ2n) is 5.80. The topological polar surface area (TPSA) is 49.9 Å². The Bertz CT molecular complexity index is 671. The Morgan fingerprint density at radius 2 is 2.00 bits per heavy atom. The quantitative estimate of drug-likeness (QED) is 0.836. The molecule has 0 unspecified atom stereocenters. The standard InChI is InChI=1S/C18H21N3O2/c1-20-10-12-21(13-11-20)17-7-3-2-6-16(17)19-18(22)9-8-15-5-4-14-23-15/h2-9,14H,10-13H2,1H3,(H,19,22)/p+1/b9-8+. The summed E-state index contributed by atoms with van der Waals surface area (Å²) in [6.45, 7) is 4.23. The summed E-state index contributed by atoms with van der Waals surface area (Å²) in [5, 5.41) is 2.97. The number of benzene rings is 1. The normalized spacial score (nSPS) is 16.0. The summed E-state index contributed by atoms with van der Waals surface area (Å²) in [5.41, 5.74) is 1.93. The van der Waals surface area contributed by atoms with Gasteiger partial charge in [-0.15, -0.1) is 0 Å². The predicted octanol–water partition coefficient (Wildman–Crippen LogP) is 1.27. The van der Waals surface area contributed by atoms with Gasteiger partial charge in [-0.25, -0.2) is 0 Å². The number of furan rings is 1. The van der Waals surface area contributed by atoms with Crippen molar-refractivity contribution in [1.82, 2.24) is 0 Å². The minimum Gasteiger partial charge on any atom is -0.465 e. The number of quaternary nitrogens is 1. The molecule has 2 aromatic rings. The third-order valence-corrected chi connectivity index (χ3v) is 4.06. The first-order valence-electron chi connectivity index (χ1n) is 7.90. The van der Waals surface area contributed by atoms with Crippen LogP contribution in [0.15, 0.2) is 53.2 Å². The zero-order chi connectivity index (χ0) is 16.1. The third-order valence-electron chi connectivity index (χ3n) is 4.06. The number of amides is 1. The lowest BCUT2D eigenvalue weighted by Crippen LogP contribution is -3.12. The van der Waals surface area contributed by atoms with E-state index in [1.54, 1.807) is 23.3 Å². The fourth-order valence-electron chi connectivity index (χ4n) is 2.70. The maximum Gasteiger partial charge on any atom is 0.248 e. The lowest BCUT2D eigenvalue weighted by Gasteiger charge is -2.32. The van der Waals surface area contributed by atoms with E-state index in [1.807, 2.05) is 24.3 Å². The molecule has 0 spiro atoms. The van der Waals surface area contributed by atoms with Gasteiger partial charge in [-0.3, -0.25) is 4.79 Å². The number of hydrogen-bond acceptors (Lipinski definition) is 3. The Balaban J connectivity index is 1.69. The Kier molecular flexibility index (Phi) is 4.78. The van der Waals surface area contributed by atoms with Crippen molar-refractivity contribution in [3.05, 3.63) is 54.5 Å². The minimum absolute atomic E-state index is 0.159. The molecule has 1 aromatic heterocycles. The van der Waals surface area contributed by atoms with E-state index in [4.69, 9.17) is 4.42 Å². The smallest absolute Gasteiger partial charge is 0.248 e. The van der Waals surface area contributed by atoms with Crippen molar-refractivity contribution in [3.8, 4) is 0 Å². The number of rotatable bonds is 4. The molecule has 1 aromatic carbocycles. The molecule has 2 heterocycles. The summed E-state index contributed by atoms with van der Waals surface area (Å²) in [6.07, 6.45) is 4.74. The number of likely N-dealkylation sites (N-methyl/N-ethyl adjacent to an activating group) is 1. The molecular weight excluding hydrogens is 290 g/mol. The second-order valence-corrected chi connectivity index (χ2v) is 5.80. The first-order valence-corrected chi connectivity index (χ1v) is 7.90. The van der Waals surface area contributed by atoms with Crippen LogP contribution in [0, 0.1) is 0 Å². The van der Waals surface area contributed by atoms with Crippen molar-refractivity contribution in [3.63, 3.8) is 0 Å². The zero-order valence-corrected chi connectivity index (χ0v) is 13.3. The summed E-state index contributed by atoms with van der Waals surface area (Å²) < 4.78 is 5.19. The van der Waals surface area contributed by atoms with Gasteiger partial charge in [0, 0.05) is 6.08 Å². The number of carbonyl (C=O) groups excluding carboxylic acids is 1. The van der Waals surface area contributed by atoms with Gasteiger partial charge in [0.05, 0.1) is 50.9 Å². The number of piperazine rings is 1. The summed E-state index contributed by atoms with van der Waals surface area (Å²) in [6, 6.07) is 11.6. The fraction of sp³-hybridized carbons (Fsp3) is 0.278. The molecular formula is C18H22N3O2+. The van der Waals surface area contributed by atoms with Crippen molar-refractivity contribution >= 4 is 23.4 Å². The Hall–Kier alpha value is -2.53. The monoisotopic (exact) mass is 312 g/mol. The molecule has 120 valence electrons. The van der Waals surface area contributed by atoms with E-state index in [1.165, 1.54) is 6.08 Å². The minimum atomic E-state index is -0.159. The Morgan fingerprint density at radius 3 is 2.74 bits per heavy atom. The predicted molar refractivity (Wildman–Crippen MR) is 91.6 cm³/mol. The maximum absolute atomic E-state index is 12.1. The van der Waals surface area contributed by atoms with Gasteiger partial charge < -0.3 is 19.5 Å². The zero-order valence-electron chi connectivity index (χ0n) is 13.3. The molecule has 5 heteroatoms. The Labute approximate surface area is 136 Å². The van der Waals surface area contributed by atoms with Crippen molar-refractivity contribution in [2.75, 3.05) is 43.4 Å². The number of anilines is 2. The molecule has 0 aliphatic carbocycles. The molecule has 0 bridgehead atoms. The lowest BCUT2D eigenvalue weighted by atomic mass is 10.2. The van der Waals surface area contributed by atoms with Crippen LogP contribution in [0.4, 0.5) is 11.4 Å². The van der Waals surface area contributed by atoms with Crippen LogP contribution in [-0.4, -0.2) is 39.1 Å². The summed E-state index contributed by atoms with van der Waals surface area (Å²) in [5.74, 6) is 0.504. The lowest BCUT2D eigenvalue weighted by molar-refractivity contribution is -0.880. The number of hydrogen-bond donors (Lipinski definition) is 2. The van der Waals surface area contributed by atoms with Crippen molar-refractivity contribution < 1.29 is 14.1 Å². The largest absolute Gasteiger partial charge is 0.465 e. The average Bonchev–Trinajstić information content (AvgIpc) is 3.08. The molecule has 1 saturated heterocycles. The van der Waals surface area contributed by atoms with E-state index in [2.05, 4.69) is 23.3 Å². The number of carbonyl (C=O) groups is 1. The van der Waals surface area contributed by atoms with Crippen LogP contribution in [0.2, 0.25) is 0 Å². The van der Waals surface area contributed by atoms with Crippen LogP contribution in [0.3, 0.4) is 0 Å². The first kappa shape index (κ1) is 15.4. The highest BCUT2D eigenvalue weighted by Crippen LogP contribution is 2.25. The van der Waals surface area contributed by atoms with E-state index < -0.39 is 0 Å². The molecule has 2 N–H and O–H groups in total. The number of nitrogens with one attached hydrogen (secondary N) is 2. The molecule has 0 radical (unpaired) electrons.